The third-order valence-corrected chi connectivity index (χ3v) is 35.6. The van der Waals surface area contributed by atoms with Gasteiger partial charge < -0.3 is 14.3 Å². The second-order valence-corrected chi connectivity index (χ2v) is 45.7. The first-order valence-electron chi connectivity index (χ1n) is 26.8. The Balaban J connectivity index is 0.000000209. The van der Waals surface area contributed by atoms with Crippen LogP contribution in [0.2, 0.25) is 0 Å². The van der Waals surface area contributed by atoms with Crippen LogP contribution in [0, 0.1) is 6.92 Å². The number of benzene rings is 3. The molecule has 24 nitrogen and oxygen atoms in total. The molecule has 39 heteroatoms. The van der Waals surface area contributed by atoms with Crippen LogP contribution >= 0.6 is 112 Å². The Morgan fingerprint density at radius 2 is 0.611 bits per heavy atom. The molecule has 0 radical (unpaired) electrons. The molecule has 3 aromatic carbocycles. The maximum Gasteiger partial charge on any atom is 0 e. The van der Waals surface area contributed by atoms with Crippen molar-refractivity contribution in [3.05, 3.63) is 251 Å². The Bertz CT molecular complexity index is 3610. The molecule has 10 aromatic rings. The van der Waals surface area contributed by atoms with Crippen LogP contribution in [0.15, 0.2) is 236 Å². The first kappa shape index (κ1) is 80.5. The molecule has 0 unspecified atom stereocenters. The zero-order valence-electron chi connectivity index (χ0n) is 49.0. The van der Waals surface area contributed by atoms with Crippen LogP contribution in [0.4, 0.5) is 0 Å². The van der Waals surface area contributed by atoms with E-state index in [1.54, 1.807) is 145 Å². The minimum atomic E-state index is -5.34. The smallest absolute Gasteiger partial charge is 0 e. The van der Waals surface area contributed by atoms with Crippen LogP contribution in [0.1, 0.15) is 70.6 Å². The number of aryl methyl sites for hydroxylation is 1. The van der Waals surface area contributed by atoms with Gasteiger partial charge >= 0.3 is 522 Å². The van der Waals surface area contributed by atoms with Gasteiger partial charge in [-0.25, -0.2) is 0 Å². The summed E-state index contributed by atoms with van der Waals surface area (Å²) in [4.78, 5) is 98.6. The third-order valence-electron chi connectivity index (χ3n) is 12.2. The van der Waals surface area contributed by atoms with Gasteiger partial charge in [-0.05, 0) is 18.4 Å². The molecule has 0 amide bonds. The normalized spacial score (nSPS) is 12.7. The zero-order valence-corrected chi connectivity index (χ0v) is 62.1. The van der Waals surface area contributed by atoms with E-state index in [1.165, 1.54) is 47.7 Å². The maximum atomic E-state index is 12.0. The van der Waals surface area contributed by atoms with Crippen LogP contribution in [-0.4, -0.2) is 79.1 Å². The van der Waals surface area contributed by atoms with Gasteiger partial charge in [0.1, 0.15) is 0 Å². The van der Waals surface area contributed by atoms with Gasteiger partial charge in [0.2, 0.25) is 0 Å². The quantitative estimate of drug-likeness (QED) is 0.0118. The van der Waals surface area contributed by atoms with E-state index in [4.69, 9.17) is 36.3 Å². The molecule has 0 aliphatic heterocycles. The van der Waals surface area contributed by atoms with E-state index in [9.17, 15) is 69.3 Å². The van der Waals surface area contributed by atoms with Gasteiger partial charge in [-0.3, -0.25) is 0 Å². The molecule has 0 spiro atoms. The van der Waals surface area contributed by atoms with Gasteiger partial charge in [-0.2, -0.15) is 0 Å². The van der Waals surface area contributed by atoms with E-state index >= 15 is 0 Å². The van der Waals surface area contributed by atoms with Crippen LogP contribution in [0.5, 0.6) is 5.06 Å². The van der Waals surface area contributed by atoms with E-state index in [0.29, 0.717) is 39.6 Å². The Morgan fingerprint density at radius 3 is 0.768 bits per heavy atom. The molecule has 0 aliphatic rings. The van der Waals surface area contributed by atoms with Crippen LogP contribution in [0.25, 0.3) is 0 Å². The second-order valence-electron chi connectivity index (χ2n) is 19.0. The van der Waals surface area contributed by atoms with Crippen LogP contribution < -0.4 is 4.52 Å². The minimum absolute atomic E-state index is 0. The fourth-order valence-corrected chi connectivity index (χ4v) is 22.6. The number of thioether (sulfide) groups is 6. The summed E-state index contributed by atoms with van der Waals surface area (Å²) in [7, 11) is -31.9. The monoisotopic (exact) mass is 1620 g/mol. The van der Waals surface area contributed by atoms with Crippen LogP contribution in [-0.2, 0) is 79.4 Å². The number of hydrogen-bond acceptors (Lipinski definition) is 31. The van der Waals surface area contributed by atoms with E-state index in [0.717, 1.165) is 56.8 Å². The summed E-state index contributed by atoms with van der Waals surface area (Å²) in [6.45, 7) is 1.85. The summed E-state index contributed by atoms with van der Waals surface area (Å²) < 4.78 is 109. The Labute approximate surface area is 588 Å². The topological polar surface area (TPSA) is 413 Å². The van der Waals surface area contributed by atoms with Crippen molar-refractivity contribution >= 4 is 140 Å². The SMILES string of the molecule is Cc1ccsc1OP(O)O.O=S(=O)(c1ccc(C(SCc2ccco2)SCc2ccco2)cc1)[PH](O)(O)O.O=S(=O)(c1ccc(C(SCc2ccco2)SCc2ccco2)cc1)[PH](O)(O)O.O=S(=O)(c1ccc(C(SCc2ccco2)SCc2ccco2)cc1)[PH](O)(O)O.[Ni]. The first-order valence-corrected chi connectivity index (χ1v) is 47.3. The van der Waals surface area contributed by atoms with Crippen molar-refractivity contribution in [3.8, 4) is 5.06 Å². The summed E-state index contributed by atoms with van der Waals surface area (Å²) >= 11 is 11.0. The number of thiophene rings is 1. The summed E-state index contributed by atoms with van der Waals surface area (Å²) in [6, 6.07) is 41.2. The van der Waals surface area contributed by atoms with Gasteiger partial charge in [0.25, 0.3) is 0 Å². The Hall–Kier alpha value is -3.44. The maximum absolute atomic E-state index is 12.0. The van der Waals surface area contributed by atoms with Gasteiger partial charge in [-0.15, -0.1) is 11.3 Å². The van der Waals surface area contributed by atoms with E-state index in [2.05, 4.69) is 4.52 Å². The molecule has 0 saturated heterocycles. The first-order chi connectivity index (χ1) is 44.5. The van der Waals surface area contributed by atoms with Gasteiger partial charge in [-0.1, -0.05) is 0 Å². The molecule has 522 valence electrons. The fraction of sp³-hybridized carbons (Fsp3) is 0.179. The molecule has 0 saturated carbocycles. The van der Waals surface area contributed by atoms with Gasteiger partial charge in [0.15, 0.2) is 5.06 Å². The van der Waals surface area contributed by atoms with Crippen molar-refractivity contribution in [3.63, 3.8) is 0 Å². The van der Waals surface area contributed by atoms with Gasteiger partial charge in [0.05, 0.1) is 0 Å². The van der Waals surface area contributed by atoms with E-state index in [1.807, 2.05) is 91.2 Å². The van der Waals surface area contributed by atoms with Crippen molar-refractivity contribution in [2.75, 3.05) is 0 Å². The standard InChI is InChI=1S/3C17H19O7PS3.C5H7O3PS.Ni/c3*18-25(19,20)28(21,22)16-7-5-13(6-8-16)17(26-11-14-3-1-9-23-14)27-12-15-4-2-10-24-15;1-4-2-3-10-5(4)8-9(6)7;/h3*1-10,17-20,25H,11-12H2;2-3,6-7H,1H3;. The van der Waals surface area contributed by atoms with Crippen molar-refractivity contribution in [2.45, 2.75) is 69.9 Å². The van der Waals surface area contributed by atoms with Crippen LogP contribution in [0.3, 0.4) is 0 Å². The van der Waals surface area contributed by atoms with Crippen molar-refractivity contribution in [1.82, 2.24) is 0 Å². The number of rotatable bonds is 29. The second kappa shape index (κ2) is 37.8. The van der Waals surface area contributed by atoms with E-state index in [-0.39, 0.29) is 44.9 Å². The molecule has 11 N–H and O–H groups in total. The van der Waals surface area contributed by atoms with Crippen molar-refractivity contribution in [1.29, 1.82) is 0 Å². The summed E-state index contributed by atoms with van der Waals surface area (Å²) in [5.74, 6) is 8.71. The summed E-state index contributed by atoms with van der Waals surface area (Å²) in [5, 5.41) is 2.42. The third kappa shape index (κ3) is 24.7. The predicted octanol–water partition coefficient (Wildman–Crippen LogP) is 13.3. The average Bonchev–Trinajstić information content (AvgIpc) is 1.82. The Kier molecular flexibility index (Phi) is 32.1. The number of furan rings is 6. The average molecular weight is 1620 g/mol. The molecular formula is C56H64NiO24P4S10. The van der Waals surface area contributed by atoms with Crippen molar-refractivity contribution < 1.29 is 127 Å². The molecule has 0 atom stereocenters. The summed E-state index contributed by atoms with van der Waals surface area (Å²) in [5.41, 5.74) is 3.45. The zero-order chi connectivity index (χ0) is 68.2. The fourth-order valence-electron chi connectivity index (χ4n) is 7.45. The molecule has 0 bridgehead atoms. The molecule has 7 heterocycles. The molecule has 95 heavy (non-hydrogen) atoms. The molecule has 7 aromatic heterocycles. The predicted molar refractivity (Wildman–Crippen MR) is 375 cm³/mol. The number of hydrogen-bond donors (Lipinski definition) is 11. The molecule has 10 rings (SSSR count). The largest absolute Gasteiger partial charge is 0 e. The molecule has 0 aliphatic carbocycles. The Morgan fingerprint density at radius 1 is 0.389 bits per heavy atom. The van der Waals surface area contributed by atoms with Gasteiger partial charge in [0, 0.05) is 22.1 Å². The van der Waals surface area contributed by atoms with Crippen molar-refractivity contribution in [2.24, 2.45) is 0 Å². The summed E-state index contributed by atoms with van der Waals surface area (Å²) in [6.07, 6.45) is 9.64. The molecule has 0 fully saturated rings. The minimum Gasteiger partial charge on any atom is 0 e. The van der Waals surface area contributed by atoms with E-state index < -0.39 is 58.4 Å². The molecular weight excluding hydrogens is 1560 g/mol.